The zero-order chi connectivity index (χ0) is 7.98. The van der Waals surface area contributed by atoms with Crippen molar-refractivity contribution in [1.82, 2.24) is 0 Å². The van der Waals surface area contributed by atoms with Crippen molar-refractivity contribution in [2.24, 2.45) is 0 Å². The van der Waals surface area contributed by atoms with Gasteiger partial charge >= 0.3 is 0 Å². The van der Waals surface area contributed by atoms with E-state index in [-0.39, 0.29) is 0 Å². The van der Waals surface area contributed by atoms with E-state index in [0.717, 1.165) is 13.0 Å². The normalized spacial score (nSPS) is 10.1. The molecular formula is C9H18O. The van der Waals surface area contributed by atoms with Crippen LogP contribution in [0.3, 0.4) is 0 Å². The molecule has 0 aliphatic carbocycles. The molecule has 1 heteroatoms. The molecule has 0 heterocycles. The zero-order valence-corrected chi connectivity index (χ0v) is 7.48. The number of allylic oxidation sites excluding steroid dienone is 1. The molecule has 0 bridgehead atoms. The van der Waals surface area contributed by atoms with Gasteiger partial charge in [0.2, 0.25) is 0 Å². The second kappa shape index (κ2) is 5.48. The molecule has 0 spiro atoms. The average Bonchev–Trinajstić information content (AvgIpc) is 1.79. The van der Waals surface area contributed by atoms with Gasteiger partial charge in [-0.15, -0.1) is 0 Å². The van der Waals surface area contributed by atoms with Crippen molar-refractivity contribution >= 4 is 0 Å². The van der Waals surface area contributed by atoms with Crippen molar-refractivity contribution in [3.63, 3.8) is 0 Å². The minimum atomic E-state index is 0.366. The number of hydrogen-bond donors (Lipinski definition) is 0. The van der Waals surface area contributed by atoms with E-state index in [4.69, 9.17) is 4.74 Å². The lowest BCUT2D eigenvalue weighted by Gasteiger charge is -2.04. The van der Waals surface area contributed by atoms with Gasteiger partial charge in [-0.25, -0.2) is 0 Å². The van der Waals surface area contributed by atoms with E-state index in [1.807, 2.05) is 0 Å². The van der Waals surface area contributed by atoms with Gasteiger partial charge in [-0.2, -0.15) is 0 Å². The van der Waals surface area contributed by atoms with Crippen molar-refractivity contribution < 1.29 is 4.74 Å². The van der Waals surface area contributed by atoms with Gasteiger partial charge in [0.05, 0.1) is 12.7 Å². The summed E-state index contributed by atoms with van der Waals surface area (Å²) in [4.78, 5) is 0. The first-order valence-electron chi connectivity index (χ1n) is 3.88. The lowest BCUT2D eigenvalue weighted by atomic mass is 10.3. The van der Waals surface area contributed by atoms with Gasteiger partial charge in [-0.05, 0) is 34.1 Å². The molecule has 0 aromatic rings. The summed E-state index contributed by atoms with van der Waals surface area (Å²) >= 11 is 0. The topological polar surface area (TPSA) is 9.23 Å². The third kappa shape index (κ3) is 7.70. The standard InChI is InChI=1S/C9H18O/c1-8(2)6-5-7-10-9(3)4/h6,9H,5,7H2,1-4H3. The van der Waals surface area contributed by atoms with Crippen LogP contribution in [0.2, 0.25) is 0 Å². The summed E-state index contributed by atoms with van der Waals surface area (Å²) in [5, 5.41) is 0. The predicted octanol–water partition coefficient (Wildman–Crippen LogP) is 2.77. The van der Waals surface area contributed by atoms with E-state index < -0.39 is 0 Å². The molecular weight excluding hydrogens is 124 g/mol. The van der Waals surface area contributed by atoms with Crippen LogP contribution in [0.25, 0.3) is 0 Å². The van der Waals surface area contributed by atoms with Gasteiger partial charge in [0.25, 0.3) is 0 Å². The van der Waals surface area contributed by atoms with Gasteiger partial charge in [0.1, 0.15) is 0 Å². The maximum Gasteiger partial charge on any atom is 0.0519 e. The third-order valence-electron chi connectivity index (χ3n) is 1.12. The molecule has 0 unspecified atom stereocenters. The first kappa shape index (κ1) is 9.70. The molecule has 60 valence electrons. The number of hydrogen-bond acceptors (Lipinski definition) is 1. The van der Waals surface area contributed by atoms with Crippen LogP contribution in [-0.2, 0) is 4.74 Å². The summed E-state index contributed by atoms with van der Waals surface area (Å²) in [7, 11) is 0. The summed E-state index contributed by atoms with van der Waals surface area (Å²) in [6, 6.07) is 0. The smallest absolute Gasteiger partial charge is 0.0519 e. The van der Waals surface area contributed by atoms with E-state index in [1.54, 1.807) is 0 Å². The van der Waals surface area contributed by atoms with E-state index in [0.29, 0.717) is 6.10 Å². The predicted molar refractivity (Wildman–Crippen MR) is 45.1 cm³/mol. The van der Waals surface area contributed by atoms with E-state index in [2.05, 4.69) is 33.8 Å². The van der Waals surface area contributed by atoms with Crippen LogP contribution in [0.15, 0.2) is 11.6 Å². The minimum absolute atomic E-state index is 0.366. The highest BCUT2D eigenvalue weighted by atomic mass is 16.5. The van der Waals surface area contributed by atoms with Crippen LogP contribution in [0.1, 0.15) is 34.1 Å². The second-order valence-electron chi connectivity index (χ2n) is 2.99. The molecule has 0 radical (unpaired) electrons. The third-order valence-corrected chi connectivity index (χ3v) is 1.12. The second-order valence-corrected chi connectivity index (χ2v) is 2.99. The summed E-state index contributed by atoms with van der Waals surface area (Å²) in [6.45, 7) is 9.18. The van der Waals surface area contributed by atoms with Crippen LogP contribution >= 0.6 is 0 Å². The van der Waals surface area contributed by atoms with Crippen LogP contribution in [0, 0.1) is 0 Å². The van der Waals surface area contributed by atoms with Gasteiger partial charge in [-0.1, -0.05) is 11.6 Å². The fraction of sp³-hybridized carbons (Fsp3) is 0.778. The SMILES string of the molecule is CC(C)=CCCOC(C)C. The molecule has 0 saturated carbocycles. The summed E-state index contributed by atoms with van der Waals surface area (Å²) in [5.74, 6) is 0. The Labute approximate surface area is 64.1 Å². The highest BCUT2D eigenvalue weighted by Crippen LogP contribution is 1.95. The first-order chi connectivity index (χ1) is 4.63. The number of ether oxygens (including phenoxy) is 1. The van der Waals surface area contributed by atoms with Crippen LogP contribution < -0.4 is 0 Å². The van der Waals surface area contributed by atoms with Gasteiger partial charge < -0.3 is 4.74 Å². The molecule has 0 aromatic heterocycles. The Balaban J connectivity index is 3.13. The molecule has 0 atom stereocenters. The maximum atomic E-state index is 5.35. The van der Waals surface area contributed by atoms with Crippen molar-refractivity contribution in [3.8, 4) is 0 Å². The Bertz CT molecular complexity index is 99.3. The Morgan fingerprint density at radius 3 is 2.40 bits per heavy atom. The Morgan fingerprint density at radius 2 is 2.00 bits per heavy atom. The van der Waals surface area contributed by atoms with E-state index in [9.17, 15) is 0 Å². The van der Waals surface area contributed by atoms with Crippen LogP contribution in [-0.4, -0.2) is 12.7 Å². The molecule has 0 fully saturated rings. The molecule has 1 nitrogen and oxygen atoms in total. The lowest BCUT2D eigenvalue weighted by Crippen LogP contribution is -2.02. The van der Waals surface area contributed by atoms with E-state index in [1.165, 1.54) is 5.57 Å². The Kier molecular flexibility index (Phi) is 5.32. The Hall–Kier alpha value is -0.300. The molecule has 0 aliphatic rings. The molecule has 0 saturated heterocycles. The molecule has 0 rings (SSSR count). The van der Waals surface area contributed by atoms with Crippen molar-refractivity contribution in [2.45, 2.75) is 40.2 Å². The summed E-state index contributed by atoms with van der Waals surface area (Å²) in [6.07, 6.45) is 3.61. The molecule has 0 aromatic carbocycles. The maximum absolute atomic E-state index is 5.35. The molecule has 0 N–H and O–H groups in total. The number of rotatable bonds is 4. The summed E-state index contributed by atoms with van der Waals surface area (Å²) in [5.41, 5.74) is 1.37. The van der Waals surface area contributed by atoms with Crippen molar-refractivity contribution in [2.75, 3.05) is 6.61 Å². The molecule has 0 aliphatic heterocycles. The zero-order valence-electron chi connectivity index (χ0n) is 7.48. The lowest BCUT2D eigenvalue weighted by molar-refractivity contribution is 0.0825. The largest absolute Gasteiger partial charge is 0.378 e. The molecule has 0 amide bonds. The van der Waals surface area contributed by atoms with Gasteiger partial charge in [0.15, 0.2) is 0 Å². The highest BCUT2D eigenvalue weighted by molar-refractivity contribution is 4.92. The fourth-order valence-electron chi connectivity index (χ4n) is 0.651. The highest BCUT2D eigenvalue weighted by Gasteiger charge is 1.89. The Morgan fingerprint density at radius 1 is 1.40 bits per heavy atom. The quantitative estimate of drug-likeness (QED) is 0.433. The van der Waals surface area contributed by atoms with E-state index >= 15 is 0 Å². The first-order valence-corrected chi connectivity index (χ1v) is 3.88. The van der Waals surface area contributed by atoms with Gasteiger partial charge in [-0.3, -0.25) is 0 Å². The van der Waals surface area contributed by atoms with Crippen molar-refractivity contribution in [1.29, 1.82) is 0 Å². The van der Waals surface area contributed by atoms with Gasteiger partial charge in [0, 0.05) is 0 Å². The summed E-state index contributed by atoms with van der Waals surface area (Å²) < 4.78 is 5.35. The van der Waals surface area contributed by atoms with Crippen LogP contribution in [0.4, 0.5) is 0 Å². The monoisotopic (exact) mass is 142 g/mol. The minimum Gasteiger partial charge on any atom is -0.378 e. The fourth-order valence-corrected chi connectivity index (χ4v) is 0.651. The average molecular weight is 142 g/mol. The molecule has 10 heavy (non-hydrogen) atoms. The van der Waals surface area contributed by atoms with Crippen LogP contribution in [0.5, 0.6) is 0 Å². The van der Waals surface area contributed by atoms with Crippen molar-refractivity contribution in [3.05, 3.63) is 11.6 Å².